The van der Waals surface area contributed by atoms with Gasteiger partial charge in [0.05, 0.1) is 11.6 Å². The van der Waals surface area contributed by atoms with E-state index in [1.54, 1.807) is 17.1 Å². The van der Waals surface area contributed by atoms with Crippen LogP contribution in [0, 0.1) is 5.92 Å². The van der Waals surface area contributed by atoms with Crippen LogP contribution < -0.4 is 4.90 Å². The van der Waals surface area contributed by atoms with Crippen molar-refractivity contribution in [3.05, 3.63) is 30.7 Å². The molecule has 1 saturated heterocycles. The second-order valence-corrected chi connectivity index (χ2v) is 8.16. The maximum atomic E-state index is 9.62. The summed E-state index contributed by atoms with van der Waals surface area (Å²) in [6.07, 6.45) is 8.88. The molecule has 1 atom stereocenters. The predicted octanol–water partition coefficient (Wildman–Crippen LogP) is 1.71. The molecule has 2 fully saturated rings. The van der Waals surface area contributed by atoms with E-state index in [2.05, 4.69) is 19.9 Å². The first kappa shape index (κ1) is 18.4. The summed E-state index contributed by atoms with van der Waals surface area (Å²) in [6.45, 7) is 4.16. The summed E-state index contributed by atoms with van der Waals surface area (Å²) in [7, 11) is 1.91. The van der Waals surface area contributed by atoms with Crippen LogP contribution in [0.5, 0.6) is 0 Å². The number of piperazine rings is 1. The zero-order chi connectivity index (χ0) is 19.8. The van der Waals surface area contributed by atoms with Crippen LogP contribution in [0.1, 0.15) is 19.3 Å². The fourth-order valence-corrected chi connectivity index (χ4v) is 4.26. The minimum absolute atomic E-state index is 0.216. The quantitative estimate of drug-likeness (QED) is 0.682. The molecule has 2 aliphatic rings. The number of aliphatic hydroxyl groups excluding tert-OH is 1. The van der Waals surface area contributed by atoms with Gasteiger partial charge in [0.25, 0.3) is 0 Å². The first-order valence-corrected chi connectivity index (χ1v) is 10.4. The van der Waals surface area contributed by atoms with Crippen molar-refractivity contribution >= 4 is 16.9 Å². The van der Waals surface area contributed by atoms with Crippen molar-refractivity contribution in [3.8, 4) is 11.4 Å². The number of aryl methyl sites for hydroxylation is 1. The van der Waals surface area contributed by atoms with Crippen LogP contribution in [-0.4, -0.2) is 73.6 Å². The zero-order valence-corrected chi connectivity index (χ0v) is 16.8. The van der Waals surface area contributed by atoms with Gasteiger partial charge >= 0.3 is 0 Å². The highest BCUT2D eigenvalue weighted by Crippen LogP contribution is 2.33. The lowest BCUT2D eigenvalue weighted by atomic mass is 10.1. The summed E-state index contributed by atoms with van der Waals surface area (Å²) in [5.41, 5.74) is 1.78. The number of aromatic nitrogens is 5. The van der Waals surface area contributed by atoms with Crippen molar-refractivity contribution in [1.82, 2.24) is 29.6 Å². The number of hydrogen-bond acceptors (Lipinski definition) is 7. The van der Waals surface area contributed by atoms with E-state index in [0.29, 0.717) is 11.9 Å². The molecule has 0 spiro atoms. The molecule has 0 amide bonds. The van der Waals surface area contributed by atoms with E-state index in [-0.39, 0.29) is 6.61 Å². The van der Waals surface area contributed by atoms with Gasteiger partial charge in [-0.15, -0.1) is 0 Å². The lowest BCUT2D eigenvalue weighted by Crippen LogP contribution is -2.54. The van der Waals surface area contributed by atoms with Gasteiger partial charge in [0.1, 0.15) is 5.82 Å². The molecule has 1 N–H and O–H groups in total. The van der Waals surface area contributed by atoms with Crippen molar-refractivity contribution in [1.29, 1.82) is 0 Å². The Morgan fingerprint density at radius 3 is 2.72 bits per heavy atom. The van der Waals surface area contributed by atoms with Crippen LogP contribution in [0.25, 0.3) is 22.4 Å². The van der Waals surface area contributed by atoms with Crippen LogP contribution >= 0.6 is 0 Å². The largest absolute Gasteiger partial charge is 0.396 e. The molecule has 1 aliphatic heterocycles. The molecule has 8 heteroatoms. The molecule has 4 heterocycles. The van der Waals surface area contributed by atoms with Crippen LogP contribution in [-0.2, 0) is 7.05 Å². The summed E-state index contributed by atoms with van der Waals surface area (Å²) in [4.78, 5) is 18.7. The third kappa shape index (κ3) is 3.70. The van der Waals surface area contributed by atoms with Crippen LogP contribution in [0.4, 0.5) is 5.82 Å². The highest BCUT2D eigenvalue weighted by Gasteiger charge is 2.33. The number of aliphatic hydroxyl groups is 1. The van der Waals surface area contributed by atoms with Gasteiger partial charge < -0.3 is 10.0 Å². The number of pyridine rings is 1. The molecule has 0 radical (unpaired) electrons. The fraction of sp³-hybridized carbons (Fsp3) is 0.524. The van der Waals surface area contributed by atoms with Crippen molar-refractivity contribution in [3.63, 3.8) is 0 Å². The molecule has 1 aliphatic carbocycles. The topological polar surface area (TPSA) is 83.2 Å². The van der Waals surface area contributed by atoms with E-state index in [0.717, 1.165) is 60.9 Å². The molecule has 1 unspecified atom stereocenters. The van der Waals surface area contributed by atoms with E-state index >= 15 is 0 Å². The van der Waals surface area contributed by atoms with Crippen LogP contribution in [0.3, 0.4) is 0 Å². The Kier molecular flexibility index (Phi) is 4.89. The zero-order valence-electron chi connectivity index (χ0n) is 16.8. The van der Waals surface area contributed by atoms with E-state index in [4.69, 9.17) is 9.97 Å². The second-order valence-electron chi connectivity index (χ2n) is 8.16. The molecule has 5 rings (SSSR count). The standard InChI is InChI=1S/C21H27N7O/c1-26-20-18(12-23-26)21(25-19(24-20)16-4-7-22-8-5-16)28-10-9-27(13-15-2-3-15)17(14-28)6-11-29/h4-5,7-8,12,15,17,29H,2-3,6,9-11,13-14H2,1H3. The lowest BCUT2D eigenvalue weighted by molar-refractivity contribution is 0.137. The molecule has 152 valence electrons. The Bertz CT molecular complexity index is 985. The van der Waals surface area contributed by atoms with Gasteiger partial charge in [-0.25, -0.2) is 9.97 Å². The molecule has 3 aromatic heterocycles. The van der Waals surface area contributed by atoms with Gasteiger partial charge in [-0.2, -0.15) is 5.10 Å². The van der Waals surface area contributed by atoms with Crippen LogP contribution in [0.15, 0.2) is 30.7 Å². The van der Waals surface area contributed by atoms with Gasteiger partial charge in [-0.3, -0.25) is 14.6 Å². The molecule has 3 aromatic rings. The van der Waals surface area contributed by atoms with Gasteiger partial charge in [0.15, 0.2) is 11.5 Å². The maximum Gasteiger partial charge on any atom is 0.164 e. The number of anilines is 1. The van der Waals surface area contributed by atoms with Gasteiger partial charge in [-0.05, 0) is 37.3 Å². The molecular weight excluding hydrogens is 366 g/mol. The third-order valence-electron chi connectivity index (χ3n) is 6.07. The van der Waals surface area contributed by atoms with Gasteiger partial charge in [-0.1, -0.05) is 0 Å². The number of hydrogen-bond donors (Lipinski definition) is 1. The molecule has 29 heavy (non-hydrogen) atoms. The number of rotatable bonds is 6. The summed E-state index contributed by atoms with van der Waals surface area (Å²) in [6, 6.07) is 4.22. The van der Waals surface area contributed by atoms with Crippen LogP contribution in [0.2, 0.25) is 0 Å². The van der Waals surface area contributed by atoms with Crippen molar-refractivity contribution in [2.75, 3.05) is 37.7 Å². The second kappa shape index (κ2) is 7.68. The van der Waals surface area contributed by atoms with E-state index in [1.807, 2.05) is 25.4 Å². The predicted molar refractivity (Wildman–Crippen MR) is 112 cm³/mol. The number of fused-ring (bicyclic) bond motifs is 1. The normalized spacial score (nSPS) is 20.5. The molecule has 8 nitrogen and oxygen atoms in total. The lowest BCUT2D eigenvalue weighted by Gasteiger charge is -2.42. The SMILES string of the molecule is Cn1ncc2c(N3CCN(CC4CC4)C(CCO)C3)nc(-c3ccncc3)nc21. The molecule has 0 aromatic carbocycles. The summed E-state index contributed by atoms with van der Waals surface area (Å²) < 4.78 is 1.81. The first-order chi connectivity index (χ1) is 14.2. The minimum atomic E-state index is 0.216. The first-order valence-electron chi connectivity index (χ1n) is 10.4. The van der Waals surface area contributed by atoms with Crippen molar-refractivity contribution in [2.24, 2.45) is 13.0 Å². The summed E-state index contributed by atoms with van der Waals surface area (Å²) in [5, 5.41) is 15.0. The highest BCUT2D eigenvalue weighted by molar-refractivity contribution is 5.88. The summed E-state index contributed by atoms with van der Waals surface area (Å²) >= 11 is 0. The fourth-order valence-electron chi connectivity index (χ4n) is 4.26. The summed E-state index contributed by atoms with van der Waals surface area (Å²) in [5.74, 6) is 2.48. The average molecular weight is 393 g/mol. The average Bonchev–Trinajstić information content (AvgIpc) is 3.50. The van der Waals surface area contributed by atoms with Gasteiger partial charge in [0.2, 0.25) is 0 Å². The minimum Gasteiger partial charge on any atom is -0.396 e. The Balaban J connectivity index is 1.50. The monoisotopic (exact) mass is 393 g/mol. The highest BCUT2D eigenvalue weighted by atomic mass is 16.3. The Hall–Kier alpha value is -2.58. The van der Waals surface area contributed by atoms with Gasteiger partial charge in [0, 0.05) is 63.8 Å². The van der Waals surface area contributed by atoms with E-state index in [9.17, 15) is 5.11 Å². The smallest absolute Gasteiger partial charge is 0.164 e. The molecule has 0 bridgehead atoms. The number of nitrogens with zero attached hydrogens (tertiary/aromatic N) is 7. The Morgan fingerprint density at radius 2 is 1.97 bits per heavy atom. The van der Waals surface area contributed by atoms with Crippen molar-refractivity contribution in [2.45, 2.75) is 25.3 Å². The molecule has 1 saturated carbocycles. The van der Waals surface area contributed by atoms with E-state index < -0.39 is 0 Å². The maximum absolute atomic E-state index is 9.62. The Labute approximate surface area is 170 Å². The molecular formula is C21H27N7O. The van der Waals surface area contributed by atoms with E-state index in [1.165, 1.54) is 12.8 Å². The third-order valence-corrected chi connectivity index (χ3v) is 6.07. The Morgan fingerprint density at radius 1 is 1.14 bits per heavy atom. The van der Waals surface area contributed by atoms with Crippen molar-refractivity contribution < 1.29 is 5.11 Å².